The number of nitrogens with one attached hydrogen (secondary N) is 1. The molecule has 2 rings (SSSR count). The number of hydrogen-bond donors (Lipinski definition) is 2. The first-order valence-electron chi connectivity index (χ1n) is 5.85. The second kappa shape index (κ2) is 6.18. The maximum absolute atomic E-state index is 12.1. The quantitative estimate of drug-likeness (QED) is 0.786. The highest BCUT2D eigenvalue weighted by molar-refractivity contribution is 8.01. The number of sulfonamides is 1. The second-order valence-corrected chi connectivity index (χ2v) is 8.36. The summed E-state index contributed by atoms with van der Waals surface area (Å²) in [5, 5.41) is 8.83. The summed E-state index contributed by atoms with van der Waals surface area (Å²) < 4.78 is 27.1. The maximum atomic E-state index is 12.1. The molecule has 1 aromatic carbocycles. The summed E-state index contributed by atoms with van der Waals surface area (Å²) in [5.74, 6) is 0. The SMILES string of the molecule is CNS(=O)(=O)c1cc(N)ccc1Sc1nnc(N(C)C)s1. The molecule has 2 aromatic rings. The van der Waals surface area contributed by atoms with E-state index >= 15 is 0 Å². The fourth-order valence-electron chi connectivity index (χ4n) is 1.45. The zero-order valence-electron chi connectivity index (χ0n) is 11.7. The van der Waals surface area contributed by atoms with Crippen molar-refractivity contribution < 1.29 is 8.42 Å². The largest absolute Gasteiger partial charge is 0.399 e. The van der Waals surface area contributed by atoms with Gasteiger partial charge in [0.15, 0.2) is 4.34 Å². The Kier molecular flexibility index (Phi) is 4.71. The fourth-order valence-corrected chi connectivity index (χ4v) is 4.47. The van der Waals surface area contributed by atoms with Gasteiger partial charge in [-0.05, 0) is 25.2 Å². The minimum absolute atomic E-state index is 0.136. The summed E-state index contributed by atoms with van der Waals surface area (Å²) in [5.41, 5.74) is 6.07. The highest BCUT2D eigenvalue weighted by Gasteiger charge is 2.19. The highest BCUT2D eigenvalue weighted by Crippen LogP contribution is 2.36. The van der Waals surface area contributed by atoms with E-state index in [1.165, 1.54) is 36.2 Å². The molecular formula is C11H15N5O2S3. The van der Waals surface area contributed by atoms with Crippen LogP contribution < -0.4 is 15.4 Å². The zero-order chi connectivity index (χ0) is 15.6. The van der Waals surface area contributed by atoms with Crippen LogP contribution in [-0.4, -0.2) is 39.8 Å². The highest BCUT2D eigenvalue weighted by atomic mass is 32.2. The van der Waals surface area contributed by atoms with Crippen LogP contribution >= 0.6 is 23.1 Å². The van der Waals surface area contributed by atoms with Crippen molar-refractivity contribution in [1.29, 1.82) is 0 Å². The van der Waals surface area contributed by atoms with E-state index < -0.39 is 10.0 Å². The summed E-state index contributed by atoms with van der Waals surface area (Å²) in [6, 6.07) is 4.76. The normalized spacial score (nSPS) is 11.6. The third-order valence-corrected chi connectivity index (χ3v) is 6.30. The van der Waals surface area contributed by atoms with Crippen LogP contribution in [0.3, 0.4) is 0 Å². The summed E-state index contributed by atoms with van der Waals surface area (Å²) in [6.07, 6.45) is 0. The molecule has 0 fully saturated rings. The third-order valence-electron chi connectivity index (χ3n) is 2.50. The van der Waals surface area contributed by atoms with Crippen LogP contribution in [0.1, 0.15) is 0 Å². The van der Waals surface area contributed by atoms with E-state index in [9.17, 15) is 8.42 Å². The Hall–Kier alpha value is -1.36. The Bertz CT molecular complexity index is 742. The van der Waals surface area contributed by atoms with Gasteiger partial charge in [0.1, 0.15) is 0 Å². The predicted octanol–water partition coefficient (Wildman–Crippen LogP) is 1.25. The fraction of sp³-hybridized carbons (Fsp3) is 0.273. The van der Waals surface area contributed by atoms with E-state index in [1.54, 1.807) is 12.1 Å². The molecule has 0 radical (unpaired) electrons. The van der Waals surface area contributed by atoms with Gasteiger partial charge in [-0.15, -0.1) is 10.2 Å². The lowest BCUT2D eigenvalue weighted by atomic mass is 10.3. The molecule has 3 N–H and O–H groups in total. The van der Waals surface area contributed by atoms with E-state index in [2.05, 4.69) is 14.9 Å². The molecule has 10 heteroatoms. The van der Waals surface area contributed by atoms with Crippen molar-refractivity contribution in [2.45, 2.75) is 14.1 Å². The first-order chi connectivity index (χ1) is 9.83. The Morgan fingerprint density at radius 1 is 1.33 bits per heavy atom. The van der Waals surface area contributed by atoms with Gasteiger partial charge in [-0.2, -0.15) is 0 Å². The van der Waals surface area contributed by atoms with Crippen molar-refractivity contribution in [3.63, 3.8) is 0 Å². The smallest absolute Gasteiger partial charge is 0.241 e. The number of hydrogen-bond acceptors (Lipinski definition) is 8. The summed E-state index contributed by atoms with van der Waals surface area (Å²) in [6.45, 7) is 0. The number of nitrogen functional groups attached to an aromatic ring is 1. The number of aromatic nitrogens is 2. The molecule has 114 valence electrons. The molecule has 0 spiro atoms. The lowest BCUT2D eigenvalue weighted by Gasteiger charge is -2.09. The standard InChI is InChI=1S/C11H15N5O2S3/c1-13-21(17,18)9-6-7(12)4-5-8(9)19-11-15-14-10(20-11)16(2)3/h4-6,13H,12H2,1-3H3. The molecule has 1 aromatic heterocycles. The molecule has 0 unspecified atom stereocenters. The Labute approximate surface area is 131 Å². The van der Waals surface area contributed by atoms with Crippen molar-refractivity contribution in [1.82, 2.24) is 14.9 Å². The average molecular weight is 345 g/mol. The summed E-state index contributed by atoms with van der Waals surface area (Å²) in [7, 11) is 1.52. The lowest BCUT2D eigenvalue weighted by Crippen LogP contribution is -2.19. The van der Waals surface area contributed by atoms with Crippen molar-refractivity contribution in [2.75, 3.05) is 31.8 Å². The molecule has 0 bridgehead atoms. The van der Waals surface area contributed by atoms with Gasteiger partial charge in [0.05, 0.1) is 4.90 Å². The van der Waals surface area contributed by atoms with Crippen molar-refractivity contribution in [3.8, 4) is 0 Å². The van der Waals surface area contributed by atoms with E-state index in [0.29, 0.717) is 14.9 Å². The first kappa shape index (κ1) is 16.0. The molecule has 0 saturated heterocycles. The number of rotatable bonds is 5. The van der Waals surface area contributed by atoms with Crippen LogP contribution in [0.5, 0.6) is 0 Å². The van der Waals surface area contributed by atoms with Crippen LogP contribution in [0.4, 0.5) is 10.8 Å². The van der Waals surface area contributed by atoms with Gasteiger partial charge < -0.3 is 10.6 Å². The third kappa shape index (κ3) is 3.64. The van der Waals surface area contributed by atoms with Crippen LogP contribution in [0.2, 0.25) is 0 Å². The van der Waals surface area contributed by atoms with Gasteiger partial charge in [0, 0.05) is 24.7 Å². The zero-order valence-corrected chi connectivity index (χ0v) is 14.1. The van der Waals surface area contributed by atoms with Gasteiger partial charge in [0.25, 0.3) is 0 Å². The molecule has 0 aliphatic heterocycles. The number of benzene rings is 1. The monoisotopic (exact) mass is 345 g/mol. The number of nitrogens with two attached hydrogens (primary N) is 1. The van der Waals surface area contributed by atoms with Gasteiger partial charge in [-0.3, -0.25) is 0 Å². The molecule has 21 heavy (non-hydrogen) atoms. The Morgan fingerprint density at radius 2 is 2.05 bits per heavy atom. The van der Waals surface area contributed by atoms with Gasteiger partial charge >= 0.3 is 0 Å². The van der Waals surface area contributed by atoms with Crippen LogP contribution in [0.15, 0.2) is 32.3 Å². The van der Waals surface area contributed by atoms with Crippen LogP contribution in [-0.2, 0) is 10.0 Å². The molecule has 1 heterocycles. The van der Waals surface area contributed by atoms with E-state index in [1.807, 2.05) is 19.0 Å². The number of anilines is 2. The Balaban J connectivity index is 2.40. The van der Waals surface area contributed by atoms with Gasteiger partial charge in [0.2, 0.25) is 15.2 Å². The molecule has 0 aliphatic rings. The van der Waals surface area contributed by atoms with Crippen LogP contribution in [0, 0.1) is 0 Å². The molecule has 7 nitrogen and oxygen atoms in total. The minimum atomic E-state index is -3.59. The molecule has 0 amide bonds. The number of nitrogens with zero attached hydrogens (tertiary/aromatic N) is 3. The van der Waals surface area contributed by atoms with E-state index in [4.69, 9.17) is 5.73 Å². The van der Waals surface area contributed by atoms with E-state index in [-0.39, 0.29) is 4.90 Å². The topological polar surface area (TPSA) is 101 Å². The van der Waals surface area contributed by atoms with Crippen molar-refractivity contribution >= 4 is 43.9 Å². The van der Waals surface area contributed by atoms with Gasteiger partial charge in [-0.25, -0.2) is 13.1 Å². The molecular weight excluding hydrogens is 330 g/mol. The molecule has 0 aliphatic carbocycles. The minimum Gasteiger partial charge on any atom is -0.399 e. The van der Waals surface area contributed by atoms with E-state index in [0.717, 1.165) is 5.13 Å². The van der Waals surface area contributed by atoms with Crippen molar-refractivity contribution in [2.24, 2.45) is 0 Å². The van der Waals surface area contributed by atoms with Crippen LogP contribution in [0.25, 0.3) is 0 Å². The summed E-state index contributed by atoms with van der Waals surface area (Å²) in [4.78, 5) is 2.53. The average Bonchev–Trinajstić information content (AvgIpc) is 2.89. The Morgan fingerprint density at radius 3 is 2.62 bits per heavy atom. The van der Waals surface area contributed by atoms with Gasteiger partial charge in [-0.1, -0.05) is 23.1 Å². The maximum Gasteiger partial charge on any atom is 0.241 e. The molecule has 0 atom stereocenters. The second-order valence-electron chi connectivity index (χ2n) is 4.26. The predicted molar refractivity (Wildman–Crippen MR) is 85.5 cm³/mol. The van der Waals surface area contributed by atoms with Crippen molar-refractivity contribution in [3.05, 3.63) is 18.2 Å². The first-order valence-corrected chi connectivity index (χ1v) is 8.97. The summed E-state index contributed by atoms with van der Waals surface area (Å²) >= 11 is 2.63. The molecule has 0 saturated carbocycles. The lowest BCUT2D eigenvalue weighted by molar-refractivity contribution is 0.586.